The minimum Gasteiger partial charge on any atom is -0.207 e. The molecular formula is C23H16ClFN2S. The minimum absolute atomic E-state index is 0.303. The van der Waals surface area contributed by atoms with E-state index in [1.54, 1.807) is 12.1 Å². The molecule has 0 fully saturated rings. The molecule has 4 rings (SSSR count). The van der Waals surface area contributed by atoms with Gasteiger partial charge in [0.2, 0.25) is 0 Å². The van der Waals surface area contributed by atoms with Gasteiger partial charge in [0, 0.05) is 21.9 Å². The maximum atomic E-state index is 13.9. The predicted molar refractivity (Wildman–Crippen MR) is 114 cm³/mol. The van der Waals surface area contributed by atoms with Gasteiger partial charge in [0.1, 0.15) is 10.8 Å². The lowest BCUT2D eigenvalue weighted by atomic mass is 10.0. The van der Waals surface area contributed by atoms with Gasteiger partial charge in [-0.1, -0.05) is 84.0 Å². The average Bonchev–Trinajstić information content (AvgIpc) is 2.75. The highest BCUT2D eigenvalue weighted by Crippen LogP contribution is 2.28. The maximum absolute atomic E-state index is 13.9. The van der Waals surface area contributed by atoms with E-state index in [9.17, 15) is 4.39 Å². The molecule has 4 aromatic rings. The van der Waals surface area contributed by atoms with Crippen molar-refractivity contribution in [2.24, 2.45) is 0 Å². The molecule has 0 aliphatic heterocycles. The Kier molecular flexibility index (Phi) is 5.70. The Bertz CT molecular complexity index is 1050. The molecule has 1 heterocycles. The Hall–Kier alpha value is -2.69. The largest absolute Gasteiger partial charge is 0.207 e. The molecule has 2 nitrogen and oxygen atoms in total. The minimum atomic E-state index is -0.303. The second-order valence-corrected chi connectivity index (χ2v) is 7.59. The number of rotatable bonds is 5. The van der Waals surface area contributed by atoms with E-state index in [-0.39, 0.29) is 5.82 Å². The smallest absolute Gasteiger partial charge is 0.128 e. The molecule has 0 spiro atoms. The monoisotopic (exact) mass is 406 g/mol. The summed E-state index contributed by atoms with van der Waals surface area (Å²) in [5.41, 5.74) is 4.62. The van der Waals surface area contributed by atoms with E-state index >= 15 is 0 Å². The van der Waals surface area contributed by atoms with Crippen molar-refractivity contribution in [3.8, 4) is 22.4 Å². The first-order chi connectivity index (χ1) is 13.7. The first-order valence-corrected chi connectivity index (χ1v) is 10.1. The summed E-state index contributed by atoms with van der Waals surface area (Å²) in [5, 5.41) is 9.72. The van der Waals surface area contributed by atoms with Gasteiger partial charge in [0.05, 0.1) is 5.69 Å². The molecule has 0 amide bonds. The summed E-state index contributed by atoms with van der Waals surface area (Å²) >= 11 is 7.48. The van der Waals surface area contributed by atoms with Crippen LogP contribution in [-0.2, 0) is 5.75 Å². The summed E-state index contributed by atoms with van der Waals surface area (Å²) in [5.74, 6) is 0.105. The van der Waals surface area contributed by atoms with Crippen LogP contribution < -0.4 is 0 Å². The lowest BCUT2D eigenvalue weighted by Crippen LogP contribution is -1.92. The molecule has 5 heteroatoms. The Morgan fingerprint density at radius 3 is 2.11 bits per heavy atom. The summed E-state index contributed by atoms with van der Waals surface area (Å²) in [7, 11) is 0. The molecular weight excluding hydrogens is 391 g/mol. The van der Waals surface area contributed by atoms with Crippen LogP contribution in [0.5, 0.6) is 0 Å². The van der Waals surface area contributed by atoms with E-state index in [1.807, 2.05) is 42.5 Å². The summed E-state index contributed by atoms with van der Waals surface area (Å²) in [4.78, 5) is 0. The molecule has 28 heavy (non-hydrogen) atoms. The zero-order valence-corrected chi connectivity index (χ0v) is 16.4. The number of nitrogens with zero attached hydrogens (tertiary/aromatic N) is 2. The molecule has 0 saturated heterocycles. The number of thioether (sulfide) groups is 1. The van der Waals surface area contributed by atoms with Gasteiger partial charge in [0.25, 0.3) is 0 Å². The fraction of sp³-hybridized carbons (Fsp3) is 0.0435. The number of benzene rings is 3. The lowest BCUT2D eigenvalue weighted by molar-refractivity contribution is 0.617. The number of aromatic nitrogens is 2. The molecule has 0 atom stereocenters. The van der Waals surface area contributed by atoms with Crippen molar-refractivity contribution in [3.63, 3.8) is 0 Å². The molecule has 0 saturated carbocycles. The molecule has 0 bridgehead atoms. The van der Waals surface area contributed by atoms with Gasteiger partial charge in [-0.05, 0) is 35.4 Å². The van der Waals surface area contributed by atoms with Gasteiger partial charge in [-0.15, -0.1) is 10.2 Å². The zero-order valence-electron chi connectivity index (χ0n) is 14.8. The topological polar surface area (TPSA) is 25.8 Å². The number of hydrogen-bond acceptors (Lipinski definition) is 3. The van der Waals surface area contributed by atoms with E-state index in [4.69, 9.17) is 11.6 Å². The normalized spacial score (nSPS) is 10.8. The van der Waals surface area contributed by atoms with Crippen LogP contribution >= 0.6 is 23.4 Å². The number of hydrogen-bond donors (Lipinski definition) is 0. The average molecular weight is 407 g/mol. The highest BCUT2D eigenvalue weighted by molar-refractivity contribution is 7.98. The molecule has 0 aliphatic carbocycles. The molecule has 138 valence electrons. The van der Waals surface area contributed by atoms with Crippen molar-refractivity contribution in [2.45, 2.75) is 10.8 Å². The Balaban J connectivity index is 1.46. The van der Waals surface area contributed by atoms with Crippen LogP contribution in [0.3, 0.4) is 0 Å². The van der Waals surface area contributed by atoms with Crippen LogP contribution in [-0.4, -0.2) is 10.2 Å². The zero-order chi connectivity index (χ0) is 19.3. The Morgan fingerprint density at radius 1 is 0.714 bits per heavy atom. The highest BCUT2D eigenvalue weighted by Gasteiger charge is 2.09. The maximum Gasteiger partial charge on any atom is 0.128 e. The Labute approximate surface area is 172 Å². The molecule has 0 radical (unpaired) electrons. The van der Waals surface area contributed by atoms with Gasteiger partial charge in [-0.2, -0.15) is 0 Å². The Morgan fingerprint density at radius 2 is 1.43 bits per heavy atom. The van der Waals surface area contributed by atoms with E-state index in [0.29, 0.717) is 16.3 Å². The standard InChI is InChI=1S/C23H16ClFN2S/c24-20-7-4-8-21(25)19(20)15-28-23-14-13-22(26-27-23)18-11-9-17(10-12-18)16-5-2-1-3-6-16/h1-14H,15H2. The summed E-state index contributed by atoms with van der Waals surface area (Å²) in [6, 6.07) is 27.0. The highest BCUT2D eigenvalue weighted by atomic mass is 35.5. The van der Waals surface area contributed by atoms with E-state index in [2.05, 4.69) is 34.5 Å². The van der Waals surface area contributed by atoms with Gasteiger partial charge in [-0.25, -0.2) is 4.39 Å². The molecule has 0 unspecified atom stereocenters. The second kappa shape index (κ2) is 8.55. The predicted octanol–water partition coefficient (Wildman–Crippen LogP) is 6.90. The second-order valence-electron chi connectivity index (χ2n) is 6.19. The van der Waals surface area contributed by atoms with Crippen LogP contribution in [0.25, 0.3) is 22.4 Å². The van der Waals surface area contributed by atoms with Crippen molar-refractivity contribution in [1.82, 2.24) is 10.2 Å². The van der Waals surface area contributed by atoms with Crippen LogP contribution in [0, 0.1) is 5.82 Å². The van der Waals surface area contributed by atoms with Crippen molar-refractivity contribution in [3.05, 3.63) is 101 Å². The van der Waals surface area contributed by atoms with E-state index in [0.717, 1.165) is 21.8 Å². The summed E-state index contributed by atoms with van der Waals surface area (Å²) < 4.78 is 13.9. The van der Waals surface area contributed by atoms with Crippen molar-refractivity contribution >= 4 is 23.4 Å². The summed E-state index contributed by atoms with van der Waals surface area (Å²) in [6.45, 7) is 0. The first kappa shape index (κ1) is 18.7. The van der Waals surface area contributed by atoms with Crippen molar-refractivity contribution < 1.29 is 4.39 Å². The van der Waals surface area contributed by atoms with Gasteiger partial charge < -0.3 is 0 Å². The van der Waals surface area contributed by atoms with Crippen molar-refractivity contribution in [2.75, 3.05) is 0 Å². The number of halogens is 2. The van der Waals surface area contributed by atoms with E-state index < -0.39 is 0 Å². The summed E-state index contributed by atoms with van der Waals surface area (Å²) in [6.07, 6.45) is 0. The molecule has 3 aromatic carbocycles. The molecule has 0 aliphatic rings. The van der Waals surface area contributed by atoms with Gasteiger partial charge in [-0.3, -0.25) is 0 Å². The van der Waals surface area contributed by atoms with Gasteiger partial charge in [0.15, 0.2) is 0 Å². The third kappa shape index (κ3) is 4.24. The first-order valence-electron chi connectivity index (χ1n) is 8.76. The van der Waals surface area contributed by atoms with E-state index in [1.165, 1.54) is 23.4 Å². The van der Waals surface area contributed by atoms with Crippen LogP contribution in [0.4, 0.5) is 4.39 Å². The van der Waals surface area contributed by atoms with Crippen LogP contribution in [0.15, 0.2) is 90.0 Å². The van der Waals surface area contributed by atoms with Crippen molar-refractivity contribution in [1.29, 1.82) is 0 Å². The lowest BCUT2D eigenvalue weighted by Gasteiger charge is -2.06. The fourth-order valence-electron chi connectivity index (χ4n) is 2.83. The molecule has 0 N–H and O–H groups in total. The molecule has 1 aromatic heterocycles. The van der Waals surface area contributed by atoms with Crippen LogP contribution in [0.1, 0.15) is 5.56 Å². The third-order valence-corrected chi connectivity index (χ3v) is 5.65. The van der Waals surface area contributed by atoms with Crippen LogP contribution in [0.2, 0.25) is 5.02 Å². The quantitative estimate of drug-likeness (QED) is 0.337. The SMILES string of the molecule is Fc1cccc(Cl)c1CSc1ccc(-c2ccc(-c3ccccc3)cc2)nn1. The third-order valence-electron chi connectivity index (χ3n) is 4.35. The van der Waals surface area contributed by atoms with Gasteiger partial charge >= 0.3 is 0 Å². The fourth-order valence-corrected chi connectivity index (χ4v) is 3.99.